The highest BCUT2D eigenvalue weighted by molar-refractivity contribution is 5.73. The van der Waals surface area contributed by atoms with Crippen molar-refractivity contribution in [2.24, 2.45) is 0 Å². The fourth-order valence-electron chi connectivity index (χ4n) is 1.28. The number of hydrogen-bond acceptors (Lipinski definition) is 2. The first-order valence-corrected chi connectivity index (χ1v) is 4.24. The lowest BCUT2D eigenvalue weighted by Crippen LogP contribution is -1.91. The van der Waals surface area contributed by atoms with Crippen molar-refractivity contribution < 1.29 is 4.39 Å². The molecule has 2 rings (SSSR count). The SMILES string of the molecule is Nc1ccccc1-c1cc(F)ccn1. The van der Waals surface area contributed by atoms with Crippen LogP contribution in [0.5, 0.6) is 0 Å². The molecule has 2 aromatic rings. The van der Waals surface area contributed by atoms with Gasteiger partial charge in [0.25, 0.3) is 0 Å². The van der Waals surface area contributed by atoms with Gasteiger partial charge in [0.05, 0.1) is 5.69 Å². The Hall–Kier alpha value is -1.90. The molecular formula is C11H9FN2. The van der Waals surface area contributed by atoms with Crippen molar-refractivity contribution in [2.75, 3.05) is 5.73 Å². The molecule has 0 saturated carbocycles. The fourth-order valence-corrected chi connectivity index (χ4v) is 1.28. The van der Waals surface area contributed by atoms with E-state index in [4.69, 9.17) is 5.73 Å². The number of aromatic nitrogens is 1. The molecule has 0 aliphatic heterocycles. The fraction of sp³-hybridized carbons (Fsp3) is 0. The van der Waals surface area contributed by atoms with E-state index in [-0.39, 0.29) is 5.82 Å². The minimum Gasteiger partial charge on any atom is -0.398 e. The molecule has 1 heterocycles. The molecule has 2 nitrogen and oxygen atoms in total. The van der Waals surface area contributed by atoms with Crippen molar-refractivity contribution in [2.45, 2.75) is 0 Å². The lowest BCUT2D eigenvalue weighted by molar-refractivity contribution is 0.626. The third-order valence-electron chi connectivity index (χ3n) is 1.96. The van der Waals surface area contributed by atoms with Crippen LogP contribution in [0, 0.1) is 5.82 Å². The van der Waals surface area contributed by atoms with Gasteiger partial charge in [-0.2, -0.15) is 0 Å². The Morgan fingerprint density at radius 2 is 1.93 bits per heavy atom. The number of nitrogens with two attached hydrogens (primary N) is 1. The Kier molecular flexibility index (Phi) is 2.14. The highest BCUT2D eigenvalue weighted by Gasteiger charge is 2.03. The monoisotopic (exact) mass is 188 g/mol. The van der Waals surface area contributed by atoms with Gasteiger partial charge in [0.2, 0.25) is 0 Å². The number of hydrogen-bond donors (Lipinski definition) is 1. The molecule has 0 atom stereocenters. The maximum absolute atomic E-state index is 12.9. The van der Waals surface area contributed by atoms with Crippen LogP contribution >= 0.6 is 0 Å². The van der Waals surface area contributed by atoms with Crippen LogP contribution in [-0.2, 0) is 0 Å². The molecule has 0 fully saturated rings. The number of nitrogens with zero attached hydrogens (tertiary/aromatic N) is 1. The first-order chi connectivity index (χ1) is 6.77. The van der Waals surface area contributed by atoms with Crippen LogP contribution in [0.25, 0.3) is 11.3 Å². The standard InChI is InChI=1S/C11H9FN2/c12-8-5-6-14-11(7-8)9-3-1-2-4-10(9)13/h1-7H,13H2. The van der Waals surface area contributed by atoms with Gasteiger partial charge in [-0.05, 0) is 12.1 Å². The van der Waals surface area contributed by atoms with Crippen LogP contribution in [0.1, 0.15) is 0 Å². The molecule has 0 aliphatic carbocycles. The van der Waals surface area contributed by atoms with Gasteiger partial charge in [0, 0.05) is 23.5 Å². The summed E-state index contributed by atoms with van der Waals surface area (Å²) in [6.45, 7) is 0. The Balaban J connectivity index is 2.55. The molecule has 0 bridgehead atoms. The number of benzene rings is 1. The summed E-state index contributed by atoms with van der Waals surface area (Å²) in [6.07, 6.45) is 1.43. The Morgan fingerprint density at radius 1 is 1.14 bits per heavy atom. The summed E-state index contributed by atoms with van der Waals surface area (Å²) in [5, 5.41) is 0. The minimum absolute atomic E-state index is 0.307. The molecule has 0 amide bonds. The summed E-state index contributed by atoms with van der Waals surface area (Å²) in [5.41, 5.74) is 7.66. The van der Waals surface area contributed by atoms with E-state index in [0.717, 1.165) is 5.56 Å². The maximum atomic E-state index is 12.9. The van der Waals surface area contributed by atoms with E-state index in [1.54, 1.807) is 6.07 Å². The van der Waals surface area contributed by atoms with E-state index in [9.17, 15) is 4.39 Å². The Morgan fingerprint density at radius 3 is 2.64 bits per heavy atom. The third-order valence-corrected chi connectivity index (χ3v) is 1.96. The molecule has 1 aromatic carbocycles. The second-order valence-corrected chi connectivity index (χ2v) is 2.95. The molecule has 70 valence electrons. The summed E-state index contributed by atoms with van der Waals surface area (Å²) in [6, 6.07) is 9.93. The van der Waals surface area contributed by atoms with E-state index >= 15 is 0 Å². The van der Waals surface area contributed by atoms with E-state index in [0.29, 0.717) is 11.4 Å². The lowest BCUT2D eigenvalue weighted by atomic mass is 10.1. The number of pyridine rings is 1. The molecule has 0 aliphatic rings. The molecular weight excluding hydrogens is 179 g/mol. The molecule has 2 N–H and O–H groups in total. The predicted octanol–water partition coefficient (Wildman–Crippen LogP) is 2.47. The van der Waals surface area contributed by atoms with Crippen molar-refractivity contribution in [1.29, 1.82) is 0 Å². The summed E-state index contributed by atoms with van der Waals surface area (Å²) in [7, 11) is 0. The van der Waals surface area contributed by atoms with E-state index < -0.39 is 0 Å². The van der Waals surface area contributed by atoms with Gasteiger partial charge in [0.1, 0.15) is 5.82 Å². The molecule has 0 spiro atoms. The molecule has 0 radical (unpaired) electrons. The van der Waals surface area contributed by atoms with E-state index in [1.807, 2.05) is 18.2 Å². The second-order valence-electron chi connectivity index (χ2n) is 2.95. The van der Waals surface area contributed by atoms with Crippen molar-refractivity contribution in [3.63, 3.8) is 0 Å². The number of nitrogen functional groups attached to an aromatic ring is 1. The molecule has 3 heteroatoms. The first kappa shape index (κ1) is 8.69. The van der Waals surface area contributed by atoms with E-state index in [2.05, 4.69) is 4.98 Å². The van der Waals surface area contributed by atoms with Crippen LogP contribution in [0.4, 0.5) is 10.1 Å². The van der Waals surface area contributed by atoms with Crippen molar-refractivity contribution in [3.05, 3.63) is 48.4 Å². The van der Waals surface area contributed by atoms with Crippen LogP contribution < -0.4 is 5.73 Å². The number of halogens is 1. The zero-order valence-electron chi connectivity index (χ0n) is 7.44. The quantitative estimate of drug-likeness (QED) is 0.698. The normalized spacial score (nSPS) is 10.1. The van der Waals surface area contributed by atoms with Gasteiger partial charge < -0.3 is 5.73 Å². The van der Waals surface area contributed by atoms with E-state index in [1.165, 1.54) is 18.3 Å². The van der Waals surface area contributed by atoms with Gasteiger partial charge in [-0.15, -0.1) is 0 Å². The van der Waals surface area contributed by atoms with Gasteiger partial charge >= 0.3 is 0 Å². The van der Waals surface area contributed by atoms with Crippen LogP contribution in [-0.4, -0.2) is 4.98 Å². The van der Waals surface area contributed by atoms with Crippen molar-refractivity contribution >= 4 is 5.69 Å². The third kappa shape index (κ3) is 1.57. The maximum Gasteiger partial charge on any atom is 0.126 e. The molecule has 14 heavy (non-hydrogen) atoms. The second kappa shape index (κ2) is 3.46. The zero-order chi connectivity index (χ0) is 9.97. The highest BCUT2D eigenvalue weighted by atomic mass is 19.1. The first-order valence-electron chi connectivity index (χ1n) is 4.24. The highest BCUT2D eigenvalue weighted by Crippen LogP contribution is 2.23. The van der Waals surface area contributed by atoms with Crippen molar-refractivity contribution in [3.8, 4) is 11.3 Å². The zero-order valence-corrected chi connectivity index (χ0v) is 7.44. The number of anilines is 1. The van der Waals surface area contributed by atoms with Gasteiger partial charge in [0.15, 0.2) is 0 Å². The van der Waals surface area contributed by atoms with Gasteiger partial charge in [-0.3, -0.25) is 4.98 Å². The average Bonchev–Trinajstić information content (AvgIpc) is 2.18. The molecule has 0 saturated heterocycles. The van der Waals surface area contributed by atoms with Crippen molar-refractivity contribution in [1.82, 2.24) is 4.98 Å². The minimum atomic E-state index is -0.307. The summed E-state index contributed by atoms with van der Waals surface area (Å²) in [4.78, 5) is 4.05. The van der Waals surface area contributed by atoms with Gasteiger partial charge in [-0.25, -0.2) is 4.39 Å². The lowest BCUT2D eigenvalue weighted by Gasteiger charge is -2.03. The number of para-hydroxylation sites is 1. The average molecular weight is 188 g/mol. The summed E-state index contributed by atoms with van der Waals surface area (Å²) < 4.78 is 12.9. The molecule has 1 aromatic heterocycles. The van der Waals surface area contributed by atoms with Gasteiger partial charge in [-0.1, -0.05) is 18.2 Å². The Labute approximate surface area is 81.2 Å². The topological polar surface area (TPSA) is 38.9 Å². The van der Waals surface area contributed by atoms with Crippen LogP contribution in [0.15, 0.2) is 42.6 Å². The van der Waals surface area contributed by atoms with Crippen LogP contribution in [0.3, 0.4) is 0 Å². The smallest absolute Gasteiger partial charge is 0.126 e. The summed E-state index contributed by atoms with van der Waals surface area (Å²) in [5.74, 6) is -0.307. The van der Waals surface area contributed by atoms with Crippen LogP contribution in [0.2, 0.25) is 0 Å². The Bertz CT molecular complexity index is 455. The molecule has 0 unspecified atom stereocenters. The largest absolute Gasteiger partial charge is 0.398 e. The number of rotatable bonds is 1. The summed E-state index contributed by atoms with van der Waals surface area (Å²) >= 11 is 0. The predicted molar refractivity (Wildman–Crippen MR) is 54.0 cm³/mol.